The van der Waals surface area contributed by atoms with Crippen molar-refractivity contribution >= 4 is 17.8 Å². The summed E-state index contributed by atoms with van der Waals surface area (Å²) in [5, 5.41) is 34.6. The Hall–Kier alpha value is -2.61. The van der Waals surface area contributed by atoms with Crippen molar-refractivity contribution in [2.75, 3.05) is 27.9 Å². The molecule has 15 unspecified atom stereocenters. The molecule has 0 aromatic heterocycles. The number of methoxy groups -OCH3 is 3. The molecule has 1 saturated carbocycles. The number of allylic oxidation sites excluding steroid dienone is 4. The first-order valence-corrected chi connectivity index (χ1v) is 22.3. The zero-order valence-electron chi connectivity index (χ0n) is 37.5. The number of aliphatic hydroxyl groups is 3. The Kier molecular flexibility index (Phi) is 18.7. The van der Waals surface area contributed by atoms with Crippen LogP contribution >= 0.6 is 0 Å². The average Bonchev–Trinajstić information content (AvgIpc) is 3.30. The third-order valence-corrected chi connectivity index (χ3v) is 13.9. The highest BCUT2D eigenvalue weighted by atomic mass is 16.6. The minimum atomic E-state index is -2.58. The molecule has 0 spiro atoms. The van der Waals surface area contributed by atoms with E-state index in [1.165, 1.54) is 17.6 Å². The van der Waals surface area contributed by atoms with Crippen LogP contribution in [-0.4, -0.2) is 120 Å². The predicted molar refractivity (Wildman–Crippen MR) is 226 cm³/mol. The predicted octanol–water partition coefficient (Wildman–Crippen LogP) is 6.49. The van der Waals surface area contributed by atoms with Gasteiger partial charge in [-0.25, -0.2) is 9.59 Å². The van der Waals surface area contributed by atoms with Crippen LogP contribution in [0.3, 0.4) is 0 Å². The van der Waals surface area contributed by atoms with E-state index in [1.54, 1.807) is 21.1 Å². The van der Waals surface area contributed by atoms with Gasteiger partial charge in [-0.15, -0.1) is 6.58 Å². The molecule has 2 bridgehead atoms. The molecule has 3 fully saturated rings. The highest BCUT2D eigenvalue weighted by molar-refractivity contribution is 6.07. The van der Waals surface area contributed by atoms with Gasteiger partial charge in [0.05, 0.1) is 30.5 Å². The third kappa shape index (κ3) is 12.3. The summed E-state index contributed by atoms with van der Waals surface area (Å²) in [7, 11) is 4.70. The van der Waals surface area contributed by atoms with Crippen molar-refractivity contribution in [2.24, 2.45) is 35.5 Å². The standard InChI is InChI=1S/C47H77NO11/c1-11-14-34-16-18-37(49)33(7)42(31(5)25-35-17-19-38(50)39(27-35)55-8)58-44(51)36-15-12-13-20-48(36)45(52)47(54)32(6)26-41(57-10)43(59-46(47)53)40(56-9)24-30(4)22-28(2)21-29(3)23-34/h11,23,25,28,30,32-43,49-50,54H,1,12-22,24,26-27H2,2-10H3/b29-23+,31-25?. The monoisotopic (exact) mass is 832 g/mol. The van der Waals surface area contributed by atoms with E-state index in [1.807, 2.05) is 19.9 Å². The minimum absolute atomic E-state index is 0.0580. The van der Waals surface area contributed by atoms with Crippen LogP contribution in [-0.2, 0) is 38.1 Å². The number of piperidine rings is 1. The van der Waals surface area contributed by atoms with E-state index in [2.05, 4.69) is 39.5 Å². The SMILES string of the molecule is C=CCC1/C=C(\C)CC(C)CC(C)CC(OC)C2OC(=O)C(O)(C(=O)N3CCCCC3C(=O)OC(C(C)=CC3CCC(O)C(OC)C3)C(C)C(O)CC1)C(C)CC2OC. The molecule has 3 aliphatic heterocycles. The van der Waals surface area contributed by atoms with Gasteiger partial charge < -0.3 is 43.9 Å². The van der Waals surface area contributed by atoms with Gasteiger partial charge in [0, 0.05) is 39.7 Å². The smallest absolute Gasteiger partial charge is 0.348 e. The Morgan fingerprint density at radius 3 is 2.19 bits per heavy atom. The Bertz CT molecular complexity index is 1460. The Balaban J connectivity index is 1.77. The van der Waals surface area contributed by atoms with E-state index in [9.17, 15) is 29.7 Å². The van der Waals surface area contributed by atoms with Crippen molar-refractivity contribution < 1.29 is 53.4 Å². The van der Waals surface area contributed by atoms with Crippen molar-refractivity contribution in [3.05, 3.63) is 36.0 Å². The highest BCUT2D eigenvalue weighted by Crippen LogP contribution is 2.38. The lowest BCUT2D eigenvalue weighted by Crippen LogP contribution is -2.62. The van der Waals surface area contributed by atoms with Gasteiger partial charge in [-0.05, 0) is 127 Å². The molecule has 0 radical (unpaired) electrons. The van der Waals surface area contributed by atoms with Gasteiger partial charge in [0.2, 0.25) is 5.60 Å². The Morgan fingerprint density at radius 1 is 0.864 bits per heavy atom. The summed E-state index contributed by atoms with van der Waals surface area (Å²) in [6.45, 7) is 16.1. The minimum Gasteiger partial charge on any atom is -0.456 e. The zero-order chi connectivity index (χ0) is 43.6. The van der Waals surface area contributed by atoms with Gasteiger partial charge in [-0.2, -0.15) is 0 Å². The summed E-state index contributed by atoms with van der Waals surface area (Å²) in [6, 6.07) is -1.07. The fraction of sp³-hybridized carbons (Fsp3) is 0.809. The van der Waals surface area contributed by atoms with E-state index in [4.69, 9.17) is 23.7 Å². The molecule has 59 heavy (non-hydrogen) atoms. The molecular formula is C47H77NO11. The quantitative estimate of drug-likeness (QED) is 0.146. The fourth-order valence-electron chi connectivity index (χ4n) is 10.4. The second kappa shape index (κ2) is 22.5. The molecule has 0 aromatic carbocycles. The van der Waals surface area contributed by atoms with Crippen molar-refractivity contribution in [3.8, 4) is 0 Å². The number of carbonyl (C=O) groups excluding carboxylic acids is 3. The van der Waals surface area contributed by atoms with Crippen molar-refractivity contribution in [1.29, 1.82) is 0 Å². The lowest BCUT2D eigenvalue weighted by Gasteiger charge is -2.40. The average molecular weight is 832 g/mol. The maximum Gasteiger partial charge on any atom is 0.348 e. The van der Waals surface area contributed by atoms with Crippen LogP contribution in [0, 0.1) is 35.5 Å². The van der Waals surface area contributed by atoms with Gasteiger partial charge in [-0.1, -0.05) is 51.5 Å². The summed E-state index contributed by atoms with van der Waals surface area (Å²) >= 11 is 0. The third-order valence-electron chi connectivity index (χ3n) is 13.9. The summed E-state index contributed by atoms with van der Waals surface area (Å²) in [5.41, 5.74) is -0.542. The first kappa shape index (κ1) is 49.0. The molecule has 3 heterocycles. The van der Waals surface area contributed by atoms with E-state index in [-0.39, 0.29) is 43.2 Å². The Labute approximate surface area is 354 Å². The zero-order valence-corrected chi connectivity index (χ0v) is 37.5. The number of hydrogen-bond donors (Lipinski definition) is 3. The number of hydrogen-bond acceptors (Lipinski definition) is 11. The van der Waals surface area contributed by atoms with Crippen molar-refractivity contribution in [2.45, 2.75) is 179 Å². The largest absolute Gasteiger partial charge is 0.456 e. The number of amides is 1. The van der Waals surface area contributed by atoms with Gasteiger partial charge in [0.25, 0.3) is 5.91 Å². The second-order valence-electron chi connectivity index (χ2n) is 18.7. The molecule has 1 aliphatic carbocycles. The number of aliphatic hydroxyl groups excluding tert-OH is 2. The summed E-state index contributed by atoms with van der Waals surface area (Å²) < 4.78 is 29.9. The first-order chi connectivity index (χ1) is 28.0. The lowest BCUT2D eigenvalue weighted by molar-refractivity contribution is -0.192. The lowest BCUT2D eigenvalue weighted by atomic mass is 9.81. The highest BCUT2D eigenvalue weighted by Gasteiger charge is 2.58. The number of carbonyl (C=O) groups is 3. The van der Waals surface area contributed by atoms with Crippen molar-refractivity contribution in [1.82, 2.24) is 4.90 Å². The van der Waals surface area contributed by atoms with Gasteiger partial charge in [0.1, 0.15) is 12.1 Å². The van der Waals surface area contributed by atoms with Crippen LogP contribution in [0.5, 0.6) is 0 Å². The number of rotatable bonds is 7. The number of esters is 2. The molecule has 2 saturated heterocycles. The summed E-state index contributed by atoms with van der Waals surface area (Å²) in [6.07, 6.45) is 9.58. The second-order valence-corrected chi connectivity index (χ2v) is 18.7. The van der Waals surface area contributed by atoms with Crippen LogP contribution in [0.4, 0.5) is 0 Å². The maximum atomic E-state index is 14.7. The van der Waals surface area contributed by atoms with Crippen LogP contribution in [0.2, 0.25) is 0 Å². The van der Waals surface area contributed by atoms with E-state index < -0.39 is 77.9 Å². The summed E-state index contributed by atoms with van der Waals surface area (Å²) in [5.74, 6) is -3.26. The molecule has 12 heteroatoms. The molecule has 3 N–H and O–H groups in total. The molecule has 1 amide bonds. The van der Waals surface area contributed by atoms with Crippen LogP contribution in [0.15, 0.2) is 36.0 Å². The van der Waals surface area contributed by atoms with Crippen LogP contribution in [0.25, 0.3) is 0 Å². The van der Waals surface area contributed by atoms with Gasteiger partial charge in [-0.3, -0.25) is 4.79 Å². The Morgan fingerprint density at radius 2 is 1.53 bits per heavy atom. The van der Waals surface area contributed by atoms with E-state index in [0.717, 1.165) is 31.3 Å². The van der Waals surface area contributed by atoms with E-state index >= 15 is 0 Å². The first-order valence-electron chi connectivity index (χ1n) is 22.3. The normalized spacial score (nSPS) is 41.5. The van der Waals surface area contributed by atoms with Gasteiger partial charge in [0.15, 0.2) is 6.10 Å². The molecule has 4 rings (SSSR count). The number of ether oxygens (including phenoxy) is 5. The number of cyclic esters (lactones) is 1. The molecule has 15 atom stereocenters. The molecular weight excluding hydrogens is 755 g/mol. The van der Waals surface area contributed by atoms with Crippen molar-refractivity contribution in [3.63, 3.8) is 0 Å². The number of fused-ring (bicyclic) bond motifs is 4. The molecule has 0 aromatic rings. The summed E-state index contributed by atoms with van der Waals surface area (Å²) in [4.78, 5) is 44.7. The van der Waals surface area contributed by atoms with Gasteiger partial charge >= 0.3 is 11.9 Å². The topological polar surface area (TPSA) is 161 Å². The van der Waals surface area contributed by atoms with Crippen LogP contribution in [0.1, 0.15) is 125 Å². The fourth-order valence-corrected chi connectivity index (χ4v) is 10.4. The maximum absolute atomic E-state index is 14.7. The molecule has 4 aliphatic rings. The molecule has 336 valence electrons. The van der Waals surface area contributed by atoms with Crippen LogP contribution < -0.4 is 0 Å². The molecule has 12 nitrogen and oxygen atoms in total. The number of nitrogens with zero attached hydrogens (tertiary/aromatic N) is 1. The van der Waals surface area contributed by atoms with E-state index in [0.29, 0.717) is 50.9 Å².